The maximum atomic E-state index is 13.0. The molecule has 0 unspecified atom stereocenters. The molecule has 1 amide bonds. The Balaban J connectivity index is 1.35. The molecule has 0 aliphatic carbocycles. The van der Waals surface area contributed by atoms with E-state index in [4.69, 9.17) is 9.47 Å². The molecule has 8 heteroatoms. The molecule has 0 fully saturated rings. The molecule has 0 aliphatic heterocycles. The van der Waals surface area contributed by atoms with Crippen molar-refractivity contribution >= 4 is 17.2 Å². The van der Waals surface area contributed by atoms with E-state index in [1.54, 1.807) is 23.5 Å². The second-order valence-electron chi connectivity index (χ2n) is 5.18. The van der Waals surface area contributed by atoms with Crippen LogP contribution in [0.1, 0.15) is 0 Å². The summed E-state index contributed by atoms with van der Waals surface area (Å²) in [4.78, 5) is 12.7. The minimum atomic E-state index is -0.414. The van der Waals surface area contributed by atoms with E-state index < -0.39 is 5.82 Å². The summed E-state index contributed by atoms with van der Waals surface area (Å²) in [5.74, 6) is -0.0485. The maximum absolute atomic E-state index is 13.0. The van der Waals surface area contributed by atoms with E-state index in [0.29, 0.717) is 18.2 Å². The summed E-state index contributed by atoms with van der Waals surface area (Å²) < 4.78 is 23.6. The number of benzene rings is 1. The van der Waals surface area contributed by atoms with Gasteiger partial charge in [-0.15, -0.1) is 21.5 Å². The molecule has 0 spiro atoms. The van der Waals surface area contributed by atoms with Crippen molar-refractivity contribution in [3.63, 3.8) is 0 Å². The Morgan fingerprint density at radius 3 is 2.77 bits per heavy atom. The predicted molar refractivity (Wildman–Crippen MR) is 95.7 cm³/mol. The Hall–Kier alpha value is -3.00. The highest BCUT2D eigenvalue weighted by molar-refractivity contribution is 7.13. The van der Waals surface area contributed by atoms with E-state index in [-0.39, 0.29) is 19.1 Å². The molecule has 3 rings (SSSR count). The fourth-order valence-electron chi connectivity index (χ4n) is 2.06. The summed E-state index contributed by atoms with van der Waals surface area (Å²) in [6.45, 7) is 0.344. The largest absolute Gasteiger partial charge is 0.484 e. The molecule has 0 saturated heterocycles. The van der Waals surface area contributed by atoms with Crippen LogP contribution in [0.25, 0.3) is 10.6 Å². The van der Waals surface area contributed by atoms with Crippen molar-refractivity contribution in [1.29, 1.82) is 0 Å². The molecule has 0 bridgehead atoms. The monoisotopic (exact) mass is 373 g/mol. The number of nitrogens with zero attached hydrogens (tertiary/aromatic N) is 2. The molecular weight excluding hydrogens is 357 g/mol. The van der Waals surface area contributed by atoms with Crippen molar-refractivity contribution in [1.82, 2.24) is 15.5 Å². The van der Waals surface area contributed by atoms with Crippen LogP contribution in [0.2, 0.25) is 0 Å². The number of thiophene rings is 1. The van der Waals surface area contributed by atoms with Gasteiger partial charge in [-0.3, -0.25) is 4.79 Å². The standard InChI is InChI=1S/C18H16FN3O3S/c19-13-3-1-4-14(11-13)25-12-17(23)20-8-9-24-18-7-6-15(21-22-18)16-5-2-10-26-16/h1-7,10-11H,8-9,12H2,(H,20,23). The number of ether oxygens (including phenoxy) is 2. The zero-order valence-corrected chi connectivity index (χ0v) is 14.5. The van der Waals surface area contributed by atoms with E-state index in [0.717, 1.165) is 10.6 Å². The molecule has 2 aromatic heterocycles. The van der Waals surface area contributed by atoms with Crippen LogP contribution in [0, 0.1) is 5.82 Å². The van der Waals surface area contributed by atoms with Crippen LogP contribution >= 0.6 is 11.3 Å². The number of amides is 1. The Morgan fingerprint density at radius 2 is 2.04 bits per heavy atom. The molecule has 0 atom stereocenters. The fourth-order valence-corrected chi connectivity index (χ4v) is 2.75. The van der Waals surface area contributed by atoms with Crippen LogP contribution in [-0.2, 0) is 4.79 Å². The highest BCUT2D eigenvalue weighted by Crippen LogP contribution is 2.22. The van der Waals surface area contributed by atoms with Gasteiger partial charge >= 0.3 is 0 Å². The van der Waals surface area contributed by atoms with Crippen molar-refractivity contribution in [3.8, 4) is 22.2 Å². The van der Waals surface area contributed by atoms with Gasteiger partial charge in [0, 0.05) is 12.1 Å². The molecule has 1 N–H and O–H groups in total. The fraction of sp³-hybridized carbons (Fsp3) is 0.167. The third kappa shape index (κ3) is 5.25. The summed E-state index contributed by atoms with van der Waals surface area (Å²) in [5, 5.41) is 12.7. The second-order valence-corrected chi connectivity index (χ2v) is 6.13. The summed E-state index contributed by atoms with van der Waals surface area (Å²) in [5.41, 5.74) is 0.787. The highest BCUT2D eigenvalue weighted by atomic mass is 32.1. The molecule has 6 nitrogen and oxygen atoms in total. The van der Waals surface area contributed by atoms with Crippen molar-refractivity contribution in [2.75, 3.05) is 19.8 Å². The first-order chi connectivity index (χ1) is 12.7. The van der Waals surface area contributed by atoms with Gasteiger partial charge in [-0.25, -0.2) is 4.39 Å². The van der Waals surface area contributed by atoms with E-state index in [9.17, 15) is 9.18 Å². The molecule has 0 saturated carbocycles. The van der Waals surface area contributed by atoms with Gasteiger partial charge in [0.25, 0.3) is 5.91 Å². The first-order valence-electron chi connectivity index (χ1n) is 7.86. The molecular formula is C18H16FN3O3S. The lowest BCUT2D eigenvalue weighted by molar-refractivity contribution is -0.123. The van der Waals surface area contributed by atoms with Crippen LogP contribution < -0.4 is 14.8 Å². The van der Waals surface area contributed by atoms with Gasteiger partial charge in [-0.05, 0) is 29.6 Å². The van der Waals surface area contributed by atoms with Crippen LogP contribution in [0.15, 0.2) is 53.9 Å². The third-order valence-electron chi connectivity index (χ3n) is 3.25. The van der Waals surface area contributed by atoms with E-state index in [1.807, 2.05) is 23.6 Å². The minimum Gasteiger partial charge on any atom is -0.484 e. The topological polar surface area (TPSA) is 73.3 Å². The average molecular weight is 373 g/mol. The van der Waals surface area contributed by atoms with E-state index in [2.05, 4.69) is 15.5 Å². The summed E-state index contributed by atoms with van der Waals surface area (Å²) in [6.07, 6.45) is 0. The number of halogens is 1. The molecule has 26 heavy (non-hydrogen) atoms. The molecule has 2 heterocycles. The number of nitrogens with one attached hydrogen (secondary N) is 1. The second kappa shape index (κ2) is 8.91. The number of aromatic nitrogens is 2. The van der Waals surface area contributed by atoms with Crippen molar-refractivity contribution in [2.45, 2.75) is 0 Å². The van der Waals surface area contributed by atoms with Gasteiger partial charge in [0.2, 0.25) is 5.88 Å². The summed E-state index contributed by atoms with van der Waals surface area (Å²) in [6, 6.07) is 13.1. The first kappa shape index (κ1) is 17.8. The highest BCUT2D eigenvalue weighted by Gasteiger charge is 2.05. The van der Waals surface area contributed by atoms with Gasteiger partial charge in [-0.2, -0.15) is 0 Å². The molecule has 3 aromatic rings. The number of rotatable bonds is 8. The Morgan fingerprint density at radius 1 is 1.12 bits per heavy atom. The normalized spacial score (nSPS) is 10.3. The van der Waals surface area contributed by atoms with E-state index >= 15 is 0 Å². The quantitative estimate of drug-likeness (QED) is 0.615. The van der Waals surface area contributed by atoms with Crippen LogP contribution in [0.3, 0.4) is 0 Å². The SMILES string of the molecule is O=C(COc1cccc(F)c1)NCCOc1ccc(-c2cccs2)nn1. The van der Waals surface area contributed by atoms with Gasteiger partial charge < -0.3 is 14.8 Å². The van der Waals surface area contributed by atoms with Crippen molar-refractivity contribution < 1.29 is 18.7 Å². The van der Waals surface area contributed by atoms with Crippen LogP contribution in [0.4, 0.5) is 4.39 Å². The third-order valence-corrected chi connectivity index (χ3v) is 4.15. The van der Waals surface area contributed by atoms with Gasteiger partial charge in [-0.1, -0.05) is 12.1 Å². The van der Waals surface area contributed by atoms with Crippen LogP contribution in [-0.4, -0.2) is 35.9 Å². The zero-order chi connectivity index (χ0) is 18.2. The average Bonchev–Trinajstić information content (AvgIpc) is 3.19. The number of carbonyl (C=O) groups excluding carboxylic acids is 1. The smallest absolute Gasteiger partial charge is 0.258 e. The number of hydrogen-bond donors (Lipinski definition) is 1. The molecule has 0 aliphatic rings. The molecule has 0 radical (unpaired) electrons. The first-order valence-corrected chi connectivity index (χ1v) is 8.74. The Labute approximate surface area is 153 Å². The number of hydrogen-bond acceptors (Lipinski definition) is 6. The lowest BCUT2D eigenvalue weighted by Gasteiger charge is -2.08. The van der Waals surface area contributed by atoms with Gasteiger partial charge in [0.05, 0.1) is 11.4 Å². The Kier molecular flexibility index (Phi) is 6.10. The summed E-state index contributed by atoms with van der Waals surface area (Å²) >= 11 is 1.59. The van der Waals surface area contributed by atoms with Gasteiger partial charge in [0.1, 0.15) is 23.9 Å². The summed E-state index contributed by atoms with van der Waals surface area (Å²) in [7, 11) is 0. The van der Waals surface area contributed by atoms with Gasteiger partial charge in [0.15, 0.2) is 6.61 Å². The predicted octanol–water partition coefficient (Wildman–Crippen LogP) is 2.92. The zero-order valence-electron chi connectivity index (χ0n) is 13.7. The molecule has 134 valence electrons. The van der Waals surface area contributed by atoms with Crippen molar-refractivity contribution in [3.05, 3.63) is 59.7 Å². The van der Waals surface area contributed by atoms with Crippen LogP contribution in [0.5, 0.6) is 11.6 Å². The minimum absolute atomic E-state index is 0.196. The maximum Gasteiger partial charge on any atom is 0.258 e. The number of carbonyl (C=O) groups is 1. The Bertz CT molecular complexity index is 841. The lowest BCUT2D eigenvalue weighted by Crippen LogP contribution is -2.32. The lowest BCUT2D eigenvalue weighted by atomic mass is 10.3. The van der Waals surface area contributed by atoms with E-state index in [1.165, 1.54) is 18.2 Å². The molecule has 1 aromatic carbocycles. The van der Waals surface area contributed by atoms with Crippen molar-refractivity contribution in [2.24, 2.45) is 0 Å².